The van der Waals surface area contributed by atoms with Crippen LogP contribution in [0.5, 0.6) is 5.75 Å². The molecule has 0 saturated heterocycles. The van der Waals surface area contributed by atoms with Gasteiger partial charge in [0, 0.05) is 24.7 Å². The van der Waals surface area contributed by atoms with Crippen molar-refractivity contribution in [2.75, 3.05) is 0 Å². The van der Waals surface area contributed by atoms with Crippen molar-refractivity contribution in [1.29, 1.82) is 0 Å². The van der Waals surface area contributed by atoms with Crippen molar-refractivity contribution < 1.29 is 14.0 Å². The number of rotatable bonds is 4. The molecule has 0 fully saturated rings. The number of hydrogen-bond acceptors (Lipinski definition) is 4. The Balaban J connectivity index is 1.92. The Hall–Kier alpha value is -1.88. The summed E-state index contributed by atoms with van der Waals surface area (Å²) in [7, 11) is 0. The van der Waals surface area contributed by atoms with Gasteiger partial charge >= 0.3 is 0 Å². The van der Waals surface area contributed by atoms with Crippen LogP contribution in [0, 0.1) is 5.82 Å². The van der Waals surface area contributed by atoms with Crippen molar-refractivity contribution in [2.45, 2.75) is 13.1 Å². The molecule has 1 aromatic heterocycles. The van der Waals surface area contributed by atoms with E-state index in [0.717, 1.165) is 5.69 Å². The molecule has 0 aliphatic carbocycles. The second-order valence-corrected chi connectivity index (χ2v) is 3.34. The Kier molecular flexibility index (Phi) is 3.16. The Labute approximate surface area is 91.7 Å². The van der Waals surface area contributed by atoms with Gasteiger partial charge in [0.1, 0.15) is 6.26 Å². The summed E-state index contributed by atoms with van der Waals surface area (Å²) in [5, 5.41) is 16.1. The molecule has 0 spiro atoms. The van der Waals surface area contributed by atoms with E-state index in [1.54, 1.807) is 18.2 Å². The molecule has 0 saturated carbocycles. The predicted octanol–water partition coefficient (Wildman–Crippen LogP) is 1.81. The van der Waals surface area contributed by atoms with Gasteiger partial charge < -0.3 is 14.9 Å². The molecule has 0 radical (unpaired) electrons. The lowest BCUT2D eigenvalue weighted by Crippen LogP contribution is -2.13. The van der Waals surface area contributed by atoms with Crippen LogP contribution in [0.1, 0.15) is 11.3 Å². The second kappa shape index (κ2) is 4.76. The largest absolute Gasteiger partial charge is 0.505 e. The maximum Gasteiger partial charge on any atom is 0.165 e. The lowest BCUT2D eigenvalue weighted by atomic mass is 10.2. The normalized spacial score (nSPS) is 10.6. The minimum absolute atomic E-state index is 0.310. The van der Waals surface area contributed by atoms with Crippen molar-refractivity contribution >= 4 is 0 Å². The fourth-order valence-corrected chi connectivity index (χ4v) is 1.36. The van der Waals surface area contributed by atoms with Crippen molar-refractivity contribution in [2.24, 2.45) is 0 Å². The van der Waals surface area contributed by atoms with E-state index in [-0.39, 0.29) is 5.75 Å². The molecule has 0 amide bonds. The molecule has 1 aromatic carbocycles. The summed E-state index contributed by atoms with van der Waals surface area (Å²) >= 11 is 0. The van der Waals surface area contributed by atoms with E-state index >= 15 is 0 Å². The van der Waals surface area contributed by atoms with Crippen LogP contribution in [0.15, 0.2) is 35.1 Å². The fraction of sp³-hybridized carbons (Fsp3) is 0.182. The quantitative estimate of drug-likeness (QED) is 0.828. The maximum absolute atomic E-state index is 13.0. The lowest BCUT2D eigenvalue weighted by molar-refractivity contribution is 0.406. The SMILES string of the molecule is Oc1c(F)cccc1CNCc1ccon1. The zero-order valence-corrected chi connectivity index (χ0v) is 8.48. The number of aromatic nitrogens is 1. The summed E-state index contributed by atoms with van der Waals surface area (Å²) in [6.45, 7) is 0.878. The standard InChI is InChI=1S/C11H11FN2O2/c12-10-3-1-2-8(11(10)15)6-13-7-9-4-5-16-14-9/h1-5,13,15H,6-7H2. The van der Waals surface area contributed by atoms with Crippen LogP contribution >= 0.6 is 0 Å². The minimum atomic E-state index is -0.610. The van der Waals surface area contributed by atoms with E-state index in [0.29, 0.717) is 18.7 Å². The summed E-state index contributed by atoms with van der Waals surface area (Å²) in [5.74, 6) is -0.920. The Morgan fingerprint density at radius 3 is 2.94 bits per heavy atom. The van der Waals surface area contributed by atoms with Crippen molar-refractivity contribution in [3.63, 3.8) is 0 Å². The van der Waals surface area contributed by atoms with Gasteiger partial charge in [-0.1, -0.05) is 17.3 Å². The van der Waals surface area contributed by atoms with Crippen LogP contribution < -0.4 is 5.32 Å². The highest BCUT2D eigenvalue weighted by Crippen LogP contribution is 2.20. The number of phenolic OH excluding ortho intramolecular Hbond substituents is 1. The van der Waals surface area contributed by atoms with Crippen molar-refractivity contribution in [3.8, 4) is 5.75 Å². The molecule has 2 N–H and O–H groups in total. The van der Waals surface area contributed by atoms with E-state index < -0.39 is 5.82 Å². The molecule has 0 unspecified atom stereocenters. The van der Waals surface area contributed by atoms with Crippen molar-refractivity contribution in [3.05, 3.63) is 47.6 Å². The number of nitrogens with zero attached hydrogens (tertiary/aromatic N) is 1. The van der Waals surface area contributed by atoms with Crippen LogP contribution in [0.2, 0.25) is 0 Å². The number of nitrogens with one attached hydrogen (secondary N) is 1. The van der Waals surface area contributed by atoms with Gasteiger partial charge in [-0.3, -0.25) is 0 Å². The third-order valence-corrected chi connectivity index (χ3v) is 2.18. The maximum atomic E-state index is 13.0. The van der Waals surface area contributed by atoms with E-state index in [1.165, 1.54) is 12.3 Å². The summed E-state index contributed by atoms with van der Waals surface area (Å²) in [6.07, 6.45) is 1.48. The van der Waals surface area contributed by atoms with E-state index in [1.807, 2.05) is 0 Å². The first kappa shape index (κ1) is 10.6. The number of aromatic hydroxyl groups is 1. The van der Waals surface area contributed by atoms with Crippen LogP contribution in [-0.2, 0) is 13.1 Å². The van der Waals surface area contributed by atoms with Gasteiger partial charge in [-0.15, -0.1) is 0 Å². The summed E-state index contributed by atoms with van der Waals surface area (Å²) in [4.78, 5) is 0. The first-order valence-corrected chi connectivity index (χ1v) is 4.83. The predicted molar refractivity (Wildman–Crippen MR) is 55.1 cm³/mol. The lowest BCUT2D eigenvalue weighted by Gasteiger charge is -2.05. The molecule has 2 rings (SSSR count). The minimum Gasteiger partial charge on any atom is -0.505 e. The molecule has 2 aromatic rings. The number of para-hydroxylation sites is 1. The number of halogens is 1. The van der Waals surface area contributed by atoms with Gasteiger partial charge in [-0.25, -0.2) is 4.39 Å². The van der Waals surface area contributed by atoms with Gasteiger partial charge in [0.15, 0.2) is 11.6 Å². The molecule has 5 heteroatoms. The van der Waals surface area contributed by atoms with Gasteiger partial charge in [-0.2, -0.15) is 0 Å². The molecule has 1 heterocycles. The number of benzene rings is 1. The van der Waals surface area contributed by atoms with Crippen LogP contribution in [0.3, 0.4) is 0 Å². The third-order valence-electron chi connectivity index (χ3n) is 2.18. The topological polar surface area (TPSA) is 58.3 Å². The molecule has 4 nitrogen and oxygen atoms in total. The fourth-order valence-electron chi connectivity index (χ4n) is 1.36. The molecule has 0 aliphatic heterocycles. The van der Waals surface area contributed by atoms with E-state index in [2.05, 4.69) is 15.0 Å². The van der Waals surface area contributed by atoms with E-state index in [4.69, 9.17) is 0 Å². The first-order chi connectivity index (χ1) is 7.77. The molecular formula is C11H11FN2O2. The average molecular weight is 222 g/mol. The Morgan fingerprint density at radius 2 is 2.19 bits per heavy atom. The Bertz CT molecular complexity index is 457. The summed E-state index contributed by atoms with van der Waals surface area (Å²) < 4.78 is 17.6. The zero-order valence-electron chi connectivity index (χ0n) is 8.48. The van der Waals surface area contributed by atoms with Crippen LogP contribution in [0.25, 0.3) is 0 Å². The third kappa shape index (κ3) is 2.38. The van der Waals surface area contributed by atoms with Gasteiger partial charge in [0.05, 0.1) is 5.69 Å². The molecule has 0 atom stereocenters. The number of phenols is 1. The monoisotopic (exact) mass is 222 g/mol. The van der Waals surface area contributed by atoms with E-state index in [9.17, 15) is 9.50 Å². The molecule has 0 bridgehead atoms. The summed E-state index contributed by atoms with van der Waals surface area (Å²) in [5.41, 5.74) is 1.28. The van der Waals surface area contributed by atoms with Crippen molar-refractivity contribution in [1.82, 2.24) is 10.5 Å². The van der Waals surface area contributed by atoms with Gasteiger partial charge in [-0.05, 0) is 6.07 Å². The molecule has 84 valence electrons. The summed E-state index contributed by atoms with van der Waals surface area (Å²) in [6, 6.07) is 6.17. The zero-order chi connectivity index (χ0) is 11.4. The first-order valence-electron chi connectivity index (χ1n) is 4.83. The number of hydrogen-bond donors (Lipinski definition) is 2. The average Bonchev–Trinajstić information content (AvgIpc) is 2.77. The second-order valence-electron chi connectivity index (χ2n) is 3.34. The van der Waals surface area contributed by atoms with Crippen LogP contribution in [0.4, 0.5) is 4.39 Å². The molecule has 0 aliphatic rings. The molecular weight excluding hydrogens is 211 g/mol. The van der Waals surface area contributed by atoms with Crippen LogP contribution in [-0.4, -0.2) is 10.3 Å². The van der Waals surface area contributed by atoms with Gasteiger partial charge in [0.25, 0.3) is 0 Å². The highest BCUT2D eigenvalue weighted by atomic mass is 19.1. The Morgan fingerprint density at radius 1 is 1.31 bits per heavy atom. The highest BCUT2D eigenvalue weighted by Gasteiger charge is 2.05. The highest BCUT2D eigenvalue weighted by molar-refractivity contribution is 5.33. The smallest absolute Gasteiger partial charge is 0.165 e. The van der Waals surface area contributed by atoms with Gasteiger partial charge in [0.2, 0.25) is 0 Å². The molecule has 16 heavy (non-hydrogen) atoms.